The molecule has 2 aliphatic rings. The summed E-state index contributed by atoms with van der Waals surface area (Å²) in [5.41, 5.74) is 0.869. The normalized spacial score (nSPS) is 27.7. The van der Waals surface area contributed by atoms with E-state index in [-0.39, 0.29) is 11.8 Å². The molecule has 1 aliphatic carbocycles. The van der Waals surface area contributed by atoms with E-state index in [9.17, 15) is 14.7 Å². The highest BCUT2D eigenvalue weighted by Gasteiger charge is 2.55. The van der Waals surface area contributed by atoms with Crippen LogP contribution in [-0.4, -0.2) is 35.0 Å². The molecule has 2 fully saturated rings. The number of likely N-dealkylation sites (tertiary alicyclic amines) is 1. The first-order valence-electron chi connectivity index (χ1n) is 7.23. The summed E-state index contributed by atoms with van der Waals surface area (Å²) in [7, 11) is 0. The Balaban J connectivity index is 1.86. The van der Waals surface area contributed by atoms with E-state index in [1.165, 1.54) is 0 Å². The Morgan fingerprint density at radius 1 is 1.43 bits per heavy atom. The second-order valence-electron chi connectivity index (χ2n) is 6.20. The summed E-state index contributed by atoms with van der Waals surface area (Å²) in [5.74, 6) is -0.683. The van der Waals surface area contributed by atoms with Crippen molar-refractivity contribution in [2.75, 3.05) is 13.1 Å². The average molecular weight is 352 g/mol. The van der Waals surface area contributed by atoms with Crippen LogP contribution in [0.3, 0.4) is 0 Å². The molecule has 0 unspecified atom stereocenters. The third kappa shape index (κ3) is 2.27. The number of carboxylic acid groups (broad SMARTS) is 1. The van der Waals surface area contributed by atoms with Gasteiger partial charge in [0.05, 0.1) is 5.41 Å². The minimum atomic E-state index is -0.743. The van der Waals surface area contributed by atoms with Crippen LogP contribution in [0.5, 0.6) is 0 Å². The largest absolute Gasteiger partial charge is 0.481 e. The number of aryl methyl sites for hydroxylation is 1. The van der Waals surface area contributed by atoms with Crippen LogP contribution in [0.1, 0.15) is 35.2 Å². The Morgan fingerprint density at radius 3 is 2.81 bits per heavy atom. The molecule has 1 N–H and O–H groups in total. The van der Waals surface area contributed by atoms with Gasteiger partial charge >= 0.3 is 5.97 Å². The van der Waals surface area contributed by atoms with E-state index in [4.69, 9.17) is 0 Å². The second kappa shape index (κ2) is 5.13. The minimum Gasteiger partial charge on any atom is -0.481 e. The molecular formula is C16H18BrNO3. The molecule has 1 saturated carbocycles. The molecule has 5 heteroatoms. The molecule has 1 amide bonds. The SMILES string of the molecule is Cc1cc(Br)ccc1C(=O)N1C[C@@H]2CCC[C@@]2(C(=O)O)C1. The first-order valence-corrected chi connectivity index (χ1v) is 8.02. The standard InChI is InChI=1S/C16H18BrNO3/c1-10-7-12(17)4-5-13(10)14(19)18-8-11-3-2-6-16(11,9-18)15(20)21/h4-5,7,11H,2-3,6,8-9H2,1H3,(H,20,21)/t11-,16+/m0/s1. The molecule has 1 aliphatic heterocycles. The van der Waals surface area contributed by atoms with Crippen LogP contribution in [0, 0.1) is 18.3 Å². The molecule has 0 radical (unpaired) electrons. The topological polar surface area (TPSA) is 57.6 Å². The predicted molar refractivity (Wildman–Crippen MR) is 82.2 cm³/mol. The maximum Gasteiger partial charge on any atom is 0.311 e. The van der Waals surface area contributed by atoms with Crippen LogP contribution in [0.2, 0.25) is 0 Å². The Kier molecular flexibility index (Phi) is 3.56. The number of carbonyl (C=O) groups excluding carboxylic acids is 1. The van der Waals surface area contributed by atoms with Crippen molar-refractivity contribution in [2.45, 2.75) is 26.2 Å². The zero-order chi connectivity index (χ0) is 15.2. The van der Waals surface area contributed by atoms with Gasteiger partial charge in [-0.3, -0.25) is 9.59 Å². The van der Waals surface area contributed by atoms with Gasteiger partial charge in [-0.1, -0.05) is 22.4 Å². The number of fused-ring (bicyclic) bond motifs is 1. The summed E-state index contributed by atoms with van der Waals surface area (Å²) in [6.45, 7) is 2.82. The van der Waals surface area contributed by atoms with Gasteiger partial charge in [0.15, 0.2) is 0 Å². The first-order chi connectivity index (χ1) is 9.94. The van der Waals surface area contributed by atoms with Crippen molar-refractivity contribution in [2.24, 2.45) is 11.3 Å². The lowest BCUT2D eigenvalue weighted by molar-refractivity contribution is -0.149. The summed E-state index contributed by atoms with van der Waals surface area (Å²) in [4.78, 5) is 26.1. The van der Waals surface area contributed by atoms with E-state index in [0.717, 1.165) is 22.9 Å². The minimum absolute atomic E-state index is 0.0463. The zero-order valence-electron chi connectivity index (χ0n) is 11.9. The molecule has 4 nitrogen and oxygen atoms in total. The van der Waals surface area contributed by atoms with Gasteiger partial charge in [-0.25, -0.2) is 0 Å². The number of nitrogens with zero attached hydrogens (tertiary/aromatic N) is 1. The Bertz CT molecular complexity index is 616. The molecule has 0 spiro atoms. The fourth-order valence-electron chi connectivity index (χ4n) is 3.83. The number of hydrogen-bond donors (Lipinski definition) is 1. The van der Waals surface area contributed by atoms with E-state index < -0.39 is 11.4 Å². The third-order valence-corrected chi connectivity index (χ3v) is 5.50. The van der Waals surface area contributed by atoms with Gasteiger partial charge in [-0.05, 0) is 49.4 Å². The van der Waals surface area contributed by atoms with E-state index >= 15 is 0 Å². The van der Waals surface area contributed by atoms with Gasteiger partial charge in [0.25, 0.3) is 5.91 Å². The number of aliphatic carboxylic acids is 1. The van der Waals surface area contributed by atoms with E-state index in [2.05, 4.69) is 15.9 Å². The van der Waals surface area contributed by atoms with Crippen LogP contribution in [-0.2, 0) is 4.79 Å². The quantitative estimate of drug-likeness (QED) is 0.890. The van der Waals surface area contributed by atoms with E-state index in [1.807, 2.05) is 25.1 Å². The Labute approximate surface area is 132 Å². The van der Waals surface area contributed by atoms with Crippen molar-refractivity contribution >= 4 is 27.8 Å². The van der Waals surface area contributed by atoms with Crippen LogP contribution in [0.15, 0.2) is 22.7 Å². The summed E-state index contributed by atoms with van der Waals surface area (Å²) in [6.07, 6.45) is 2.56. The van der Waals surface area contributed by atoms with Crippen LogP contribution >= 0.6 is 15.9 Å². The molecule has 3 rings (SSSR count). The number of amides is 1. The monoisotopic (exact) mass is 351 g/mol. The van der Waals surface area contributed by atoms with Crippen molar-refractivity contribution in [3.8, 4) is 0 Å². The summed E-state index contributed by atoms with van der Waals surface area (Å²) < 4.78 is 0.942. The van der Waals surface area contributed by atoms with Gasteiger partial charge in [-0.15, -0.1) is 0 Å². The zero-order valence-corrected chi connectivity index (χ0v) is 13.5. The molecule has 1 heterocycles. The molecular weight excluding hydrogens is 334 g/mol. The van der Waals surface area contributed by atoms with Gasteiger partial charge in [0, 0.05) is 23.1 Å². The highest BCUT2D eigenvalue weighted by atomic mass is 79.9. The predicted octanol–water partition coefficient (Wildman–Crippen LogP) is 3.08. The molecule has 21 heavy (non-hydrogen) atoms. The Hall–Kier alpha value is -1.36. The molecule has 2 atom stereocenters. The van der Waals surface area contributed by atoms with Crippen LogP contribution in [0.25, 0.3) is 0 Å². The molecule has 1 saturated heterocycles. The summed E-state index contributed by atoms with van der Waals surface area (Å²) in [5, 5.41) is 9.59. The van der Waals surface area contributed by atoms with E-state index in [1.54, 1.807) is 4.90 Å². The highest BCUT2D eigenvalue weighted by Crippen LogP contribution is 2.49. The number of hydrogen-bond acceptors (Lipinski definition) is 2. The molecule has 112 valence electrons. The van der Waals surface area contributed by atoms with Gasteiger partial charge in [-0.2, -0.15) is 0 Å². The highest BCUT2D eigenvalue weighted by molar-refractivity contribution is 9.10. The second-order valence-corrected chi connectivity index (χ2v) is 7.11. The average Bonchev–Trinajstić information content (AvgIpc) is 2.95. The fraction of sp³-hybridized carbons (Fsp3) is 0.500. The smallest absolute Gasteiger partial charge is 0.311 e. The summed E-state index contributed by atoms with van der Waals surface area (Å²) >= 11 is 3.39. The fourth-order valence-corrected chi connectivity index (χ4v) is 4.31. The third-order valence-electron chi connectivity index (χ3n) is 5.00. The Morgan fingerprint density at radius 2 is 2.19 bits per heavy atom. The number of carbonyl (C=O) groups is 2. The van der Waals surface area contributed by atoms with Crippen LogP contribution in [0.4, 0.5) is 0 Å². The lowest BCUT2D eigenvalue weighted by atomic mass is 9.81. The molecule has 1 aromatic rings. The maximum atomic E-state index is 12.7. The van der Waals surface area contributed by atoms with Gasteiger partial charge in [0.1, 0.15) is 0 Å². The first kappa shape index (κ1) is 14.6. The molecule has 0 aromatic heterocycles. The van der Waals surface area contributed by atoms with Gasteiger partial charge in [0.2, 0.25) is 0 Å². The lowest BCUT2D eigenvalue weighted by Crippen LogP contribution is -2.37. The van der Waals surface area contributed by atoms with E-state index in [0.29, 0.717) is 25.1 Å². The van der Waals surface area contributed by atoms with Crippen molar-refractivity contribution in [1.82, 2.24) is 4.90 Å². The van der Waals surface area contributed by atoms with Gasteiger partial charge < -0.3 is 10.0 Å². The van der Waals surface area contributed by atoms with Crippen molar-refractivity contribution in [1.29, 1.82) is 0 Å². The van der Waals surface area contributed by atoms with Crippen molar-refractivity contribution in [3.63, 3.8) is 0 Å². The number of benzene rings is 1. The maximum absolute atomic E-state index is 12.7. The van der Waals surface area contributed by atoms with Crippen molar-refractivity contribution < 1.29 is 14.7 Å². The van der Waals surface area contributed by atoms with Crippen molar-refractivity contribution in [3.05, 3.63) is 33.8 Å². The number of rotatable bonds is 2. The molecule has 1 aromatic carbocycles. The van der Waals surface area contributed by atoms with Crippen LogP contribution < -0.4 is 0 Å². The lowest BCUT2D eigenvalue weighted by Gasteiger charge is -2.23. The number of carboxylic acids is 1. The number of halogens is 1. The molecule has 0 bridgehead atoms. The summed E-state index contributed by atoms with van der Waals surface area (Å²) in [6, 6.07) is 5.57.